The molecule has 1 aliphatic carbocycles. The van der Waals surface area contributed by atoms with Gasteiger partial charge < -0.3 is 14.8 Å². The van der Waals surface area contributed by atoms with Crippen LogP contribution >= 0.6 is 0 Å². The second-order valence-corrected chi connectivity index (χ2v) is 9.51. The van der Waals surface area contributed by atoms with E-state index in [9.17, 15) is 13.6 Å². The zero-order valence-corrected chi connectivity index (χ0v) is 20.3. The molecule has 6 nitrogen and oxygen atoms in total. The number of methoxy groups -OCH3 is 1. The van der Waals surface area contributed by atoms with E-state index in [0.29, 0.717) is 11.3 Å². The fraction of sp³-hybridized carbons (Fsp3) is 0.310. The number of benzene rings is 3. The van der Waals surface area contributed by atoms with Crippen LogP contribution in [0.5, 0.6) is 11.5 Å². The molecule has 0 bridgehead atoms. The summed E-state index contributed by atoms with van der Waals surface area (Å²) in [5.41, 5.74) is 1.78. The quantitative estimate of drug-likeness (QED) is 0.301. The molecule has 5 rings (SSSR count). The van der Waals surface area contributed by atoms with Crippen LogP contribution in [0.1, 0.15) is 45.8 Å². The predicted octanol–water partition coefficient (Wildman–Crippen LogP) is 6.37. The van der Waals surface area contributed by atoms with Crippen LogP contribution in [0.15, 0.2) is 66.9 Å². The lowest BCUT2D eigenvalue weighted by molar-refractivity contribution is -0.127. The molecule has 1 amide bonds. The van der Waals surface area contributed by atoms with Gasteiger partial charge in [-0.05, 0) is 79.9 Å². The predicted molar refractivity (Wildman–Crippen MR) is 139 cm³/mol. The summed E-state index contributed by atoms with van der Waals surface area (Å²) in [6.45, 7) is 3.78. The molecule has 0 unspecified atom stereocenters. The van der Waals surface area contributed by atoms with Crippen LogP contribution in [-0.4, -0.2) is 28.8 Å². The Morgan fingerprint density at radius 2 is 1.81 bits per heavy atom. The largest absolute Gasteiger partial charge is 0.494 e. The first kappa shape index (κ1) is 26.1. The molecule has 0 saturated heterocycles. The van der Waals surface area contributed by atoms with Crippen LogP contribution in [-0.2, 0) is 4.79 Å². The third-order valence-corrected chi connectivity index (χ3v) is 6.74. The smallest absolute Gasteiger partial charge is 0.226 e. The molecule has 1 N–H and O–H groups in total. The van der Waals surface area contributed by atoms with E-state index >= 15 is 0 Å². The van der Waals surface area contributed by atoms with Crippen molar-refractivity contribution in [2.24, 2.45) is 5.41 Å². The van der Waals surface area contributed by atoms with Gasteiger partial charge in [0, 0.05) is 10.8 Å². The Bertz CT molecular complexity index is 1410. The lowest BCUT2D eigenvalue weighted by Gasteiger charge is -2.28. The second kappa shape index (κ2) is 10.2. The molecule has 1 aliphatic rings. The molecule has 1 fully saturated rings. The summed E-state index contributed by atoms with van der Waals surface area (Å²) in [4.78, 5) is 12.7. The molecule has 0 radical (unpaired) electrons. The van der Waals surface area contributed by atoms with Gasteiger partial charge in [-0.1, -0.05) is 20.4 Å². The van der Waals surface area contributed by atoms with Gasteiger partial charge in [-0.3, -0.25) is 4.79 Å². The van der Waals surface area contributed by atoms with Crippen molar-refractivity contribution < 1.29 is 23.0 Å². The zero-order valence-electron chi connectivity index (χ0n) is 20.3. The molecule has 1 heterocycles. The van der Waals surface area contributed by atoms with E-state index in [0.717, 1.165) is 29.4 Å². The summed E-state index contributed by atoms with van der Waals surface area (Å²) in [6, 6.07) is 15.8. The van der Waals surface area contributed by atoms with E-state index in [4.69, 9.17) is 9.47 Å². The van der Waals surface area contributed by atoms with Crippen molar-refractivity contribution in [2.45, 2.75) is 46.3 Å². The van der Waals surface area contributed by atoms with Gasteiger partial charge in [0.25, 0.3) is 0 Å². The highest BCUT2D eigenvalue weighted by Gasteiger charge is 2.45. The SMILES string of the molecule is C.COc1ccc([C@@H](Oc2ccc3c(cnn3-c3ccc(F)cc3)c2)[C@H](C)NC(=O)C2(C)CC2)cc1F. The number of rotatable bonds is 8. The first-order valence-corrected chi connectivity index (χ1v) is 11.8. The summed E-state index contributed by atoms with van der Waals surface area (Å²) < 4.78 is 41.0. The number of hydrogen-bond donors (Lipinski definition) is 1. The van der Waals surface area contributed by atoms with Crippen molar-refractivity contribution in [3.05, 3.63) is 84.1 Å². The molecule has 3 aromatic carbocycles. The van der Waals surface area contributed by atoms with E-state index in [1.807, 2.05) is 26.0 Å². The van der Waals surface area contributed by atoms with Gasteiger partial charge in [-0.15, -0.1) is 0 Å². The third kappa shape index (κ3) is 5.28. The number of hydrogen-bond acceptors (Lipinski definition) is 4. The molecule has 8 heteroatoms. The fourth-order valence-electron chi connectivity index (χ4n) is 4.21. The van der Waals surface area contributed by atoms with Crippen LogP contribution in [0.3, 0.4) is 0 Å². The minimum absolute atomic E-state index is 0. The van der Waals surface area contributed by atoms with Crippen LogP contribution in [0, 0.1) is 17.0 Å². The number of nitrogens with zero attached hydrogens (tertiary/aromatic N) is 2. The summed E-state index contributed by atoms with van der Waals surface area (Å²) in [5, 5.41) is 8.30. The molecule has 1 aromatic heterocycles. The van der Waals surface area contributed by atoms with Gasteiger partial charge >= 0.3 is 0 Å². The lowest BCUT2D eigenvalue weighted by atomic mass is 10.0. The zero-order chi connectivity index (χ0) is 25.4. The fourth-order valence-corrected chi connectivity index (χ4v) is 4.21. The molecule has 0 spiro atoms. The van der Waals surface area contributed by atoms with Crippen molar-refractivity contribution in [1.29, 1.82) is 0 Å². The highest BCUT2D eigenvalue weighted by Crippen LogP contribution is 2.45. The minimum atomic E-state index is -0.652. The Hall–Kier alpha value is -3.94. The van der Waals surface area contributed by atoms with Gasteiger partial charge in [0.2, 0.25) is 5.91 Å². The molecular weight excluding hydrogens is 476 g/mol. The normalized spacial score (nSPS) is 15.4. The van der Waals surface area contributed by atoms with Gasteiger partial charge in [-0.25, -0.2) is 13.5 Å². The summed E-state index contributed by atoms with van der Waals surface area (Å²) in [6.07, 6.45) is 2.75. The Labute approximate surface area is 215 Å². The molecule has 0 aliphatic heterocycles. The molecule has 194 valence electrons. The van der Waals surface area contributed by atoms with Crippen molar-refractivity contribution in [1.82, 2.24) is 15.1 Å². The number of halogens is 2. The maximum Gasteiger partial charge on any atom is 0.226 e. The Kier molecular flexibility index (Phi) is 7.21. The Balaban J connectivity index is 0.00000320. The van der Waals surface area contributed by atoms with Crippen LogP contribution in [0.25, 0.3) is 16.6 Å². The number of ether oxygens (including phenoxy) is 2. The van der Waals surface area contributed by atoms with Crippen molar-refractivity contribution in [2.75, 3.05) is 7.11 Å². The molecule has 37 heavy (non-hydrogen) atoms. The molecule has 4 aromatic rings. The van der Waals surface area contributed by atoms with E-state index in [2.05, 4.69) is 10.4 Å². The third-order valence-electron chi connectivity index (χ3n) is 6.74. The van der Waals surface area contributed by atoms with Crippen LogP contribution in [0.2, 0.25) is 0 Å². The van der Waals surface area contributed by atoms with E-state index in [1.54, 1.807) is 41.2 Å². The first-order valence-electron chi connectivity index (χ1n) is 11.8. The summed E-state index contributed by atoms with van der Waals surface area (Å²) in [5.74, 6) is -0.180. The number of nitrogens with one attached hydrogen (secondary N) is 1. The number of aromatic nitrogens is 2. The molecular formula is C29H31F2N3O3. The van der Waals surface area contributed by atoms with Gasteiger partial charge in [-0.2, -0.15) is 5.10 Å². The standard InChI is InChI=1S/C28H27F2N3O3.CH4/c1-17(32-27(34)28(2)12-13-28)26(18-4-11-25(35-3)23(30)15-18)36-22-9-10-24-19(14-22)16-31-33(24)21-7-5-20(29)6-8-21;/h4-11,14-17,26H,12-13H2,1-3H3,(H,32,34);1H4/t17-,26-;/m0./s1. The average Bonchev–Trinajstić information content (AvgIpc) is 3.49. The van der Waals surface area contributed by atoms with Crippen LogP contribution in [0.4, 0.5) is 8.78 Å². The van der Waals surface area contributed by atoms with E-state index in [1.165, 1.54) is 25.3 Å². The maximum atomic E-state index is 14.6. The number of carbonyl (C=O) groups excluding carboxylic acids is 1. The van der Waals surface area contributed by atoms with Crippen molar-refractivity contribution >= 4 is 16.8 Å². The maximum absolute atomic E-state index is 14.6. The Morgan fingerprint density at radius 3 is 2.46 bits per heavy atom. The second-order valence-electron chi connectivity index (χ2n) is 9.51. The van der Waals surface area contributed by atoms with Gasteiger partial charge in [0.15, 0.2) is 11.6 Å². The van der Waals surface area contributed by atoms with Crippen LogP contribution < -0.4 is 14.8 Å². The summed E-state index contributed by atoms with van der Waals surface area (Å²) >= 11 is 0. The number of fused-ring (bicyclic) bond motifs is 1. The monoisotopic (exact) mass is 507 g/mol. The Morgan fingerprint density at radius 1 is 1.08 bits per heavy atom. The molecule has 2 atom stereocenters. The van der Waals surface area contributed by atoms with Gasteiger partial charge in [0.05, 0.1) is 30.6 Å². The highest BCUT2D eigenvalue weighted by atomic mass is 19.1. The topological polar surface area (TPSA) is 65.4 Å². The van der Waals surface area contributed by atoms with E-state index < -0.39 is 18.0 Å². The first-order chi connectivity index (χ1) is 17.3. The van der Waals surface area contributed by atoms with Crippen molar-refractivity contribution in [3.63, 3.8) is 0 Å². The lowest BCUT2D eigenvalue weighted by Crippen LogP contribution is -2.42. The van der Waals surface area contributed by atoms with Crippen molar-refractivity contribution in [3.8, 4) is 17.2 Å². The van der Waals surface area contributed by atoms with Gasteiger partial charge in [0.1, 0.15) is 17.7 Å². The number of amides is 1. The summed E-state index contributed by atoms with van der Waals surface area (Å²) in [7, 11) is 1.41. The number of carbonyl (C=O) groups is 1. The minimum Gasteiger partial charge on any atom is -0.494 e. The highest BCUT2D eigenvalue weighted by molar-refractivity contribution is 5.85. The molecule has 1 saturated carbocycles. The van der Waals surface area contributed by atoms with E-state index in [-0.39, 0.29) is 30.3 Å². The average molecular weight is 508 g/mol.